The molecule has 0 saturated carbocycles. The van der Waals surface area contributed by atoms with E-state index in [1.807, 2.05) is 44.2 Å². The molecule has 5 nitrogen and oxygen atoms in total. The van der Waals surface area contributed by atoms with Crippen LogP contribution < -0.4 is 10.6 Å². The van der Waals surface area contributed by atoms with Gasteiger partial charge in [-0.25, -0.2) is 0 Å². The highest BCUT2D eigenvalue weighted by Crippen LogP contribution is 2.17. The third kappa shape index (κ3) is 4.79. The van der Waals surface area contributed by atoms with Crippen LogP contribution in [0.15, 0.2) is 67.0 Å². The van der Waals surface area contributed by atoms with Crippen molar-refractivity contribution in [3.8, 4) is 0 Å². The summed E-state index contributed by atoms with van der Waals surface area (Å²) in [6.45, 7) is 4.36. The third-order valence-corrected chi connectivity index (χ3v) is 4.25. The summed E-state index contributed by atoms with van der Waals surface area (Å²) >= 11 is 0. The van der Waals surface area contributed by atoms with Crippen molar-refractivity contribution < 1.29 is 9.59 Å². The maximum Gasteiger partial charge on any atom is 0.255 e. The molecule has 1 aromatic heterocycles. The van der Waals surface area contributed by atoms with Crippen LogP contribution in [0.3, 0.4) is 0 Å². The zero-order chi connectivity index (χ0) is 19.2. The van der Waals surface area contributed by atoms with Crippen LogP contribution in [0.2, 0.25) is 0 Å². The van der Waals surface area contributed by atoms with Crippen molar-refractivity contribution in [3.63, 3.8) is 0 Å². The lowest BCUT2D eigenvalue weighted by molar-refractivity contribution is 0.0949. The van der Waals surface area contributed by atoms with E-state index >= 15 is 0 Å². The van der Waals surface area contributed by atoms with Crippen molar-refractivity contribution in [1.29, 1.82) is 0 Å². The number of pyridine rings is 1. The molecular formula is C22H21N3O2. The maximum atomic E-state index is 12.5. The van der Waals surface area contributed by atoms with Gasteiger partial charge < -0.3 is 10.6 Å². The molecule has 27 heavy (non-hydrogen) atoms. The molecule has 0 unspecified atom stereocenters. The number of anilines is 1. The van der Waals surface area contributed by atoms with Crippen LogP contribution in [0, 0.1) is 13.8 Å². The van der Waals surface area contributed by atoms with Gasteiger partial charge in [0, 0.05) is 35.8 Å². The molecule has 0 fully saturated rings. The Morgan fingerprint density at radius 2 is 1.48 bits per heavy atom. The molecule has 0 radical (unpaired) electrons. The molecule has 0 aliphatic rings. The Hall–Kier alpha value is -3.47. The number of benzene rings is 2. The van der Waals surface area contributed by atoms with Gasteiger partial charge in [0.15, 0.2) is 0 Å². The molecule has 0 spiro atoms. The largest absolute Gasteiger partial charge is 0.348 e. The summed E-state index contributed by atoms with van der Waals surface area (Å²) < 4.78 is 0. The van der Waals surface area contributed by atoms with Gasteiger partial charge in [0.25, 0.3) is 11.8 Å². The molecule has 0 aliphatic carbocycles. The first-order valence-corrected chi connectivity index (χ1v) is 8.69. The Bertz CT molecular complexity index is 951. The second kappa shape index (κ2) is 8.27. The first-order chi connectivity index (χ1) is 13.0. The van der Waals surface area contributed by atoms with Crippen molar-refractivity contribution in [2.75, 3.05) is 5.32 Å². The van der Waals surface area contributed by atoms with Gasteiger partial charge >= 0.3 is 0 Å². The van der Waals surface area contributed by atoms with E-state index in [4.69, 9.17) is 0 Å². The number of hydrogen-bond donors (Lipinski definition) is 2. The highest BCUT2D eigenvalue weighted by atomic mass is 16.2. The lowest BCUT2D eigenvalue weighted by atomic mass is 10.1. The van der Waals surface area contributed by atoms with E-state index in [-0.39, 0.29) is 11.8 Å². The molecule has 0 aliphatic heterocycles. The first-order valence-electron chi connectivity index (χ1n) is 8.69. The number of nitrogens with one attached hydrogen (secondary N) is 2. The van der Waals surface area contributed by atoms with Gasteiger partial charge in [-0.2, -0.15) is 0 Å². The molecule has 0 atom stereocenters. The van der Waals surface area contributed by atoms with Crippen LogP contribution in [0.25, 0.3) is 0 Å². The number of aryl methyl sites for hydroxylation is 2. The fraction of sp³-hybridized carbons (Fsp3) is 0.136. The average molecular weight is 359 g/mol. The molecule has 3 rings (SSSR count). The van der Waals surface area contributed by atoms with Crippen LogP contribution >= 0.6 is 0 Å². The van der Waals surface area contributed by atoms with E-state index in [0.29, 0.717) is 17.7 Å². The summed E-state index contributed by atoms with van der Waals surface area (Å²) in [6, 6.07) is 16.2. The predicted molar refractivity (Wildman–Crippen MR) is 106 cm³/mol. The van der Waals surface area contributed by atoms with Crippen molar-refractivity contribution in [2.24, 2.45) is 0 Å². The summed E-state index contributed by atoms with van der Waals surface area (Å²) in [5.41, 5.74) is 4.86. The second-order valence-electron chi connectivity index (χ2n) is 6.39. The van der Waals surface area contributed by atoms with Crippen molar-refractivity contribution >= 4 is 17.5 Å². The van der Waals surface area contributed by atoms with Crippen LogP contribution in [0.1, 0.15) is 37.4 Å². The van der Waals surface area contributed by atoms with E-state index in [9.17, 15) is 9.59 Å². The minimum Gasteiger partial charge on any atom is -0.348 e. The molecule has 2 N–H and O–H groups in total. The summed E-state index contributed by atoms with van der Waals surface area (Å²) in [4.78, 5) is 28.6. The average Bonchev–Trinajstić information content (AvgIpc) is 2.70. The van der Waals surface area contributed by atoms with E-state index in [2.05, 4.69) is 15.6 Å². The Morgan fingerprint density at radius 3 is 2.15 bits per heavy atom. The standard InChI is InChI=1S/C22H21N3O2/c1-15-3-4-16(2)20(13-15)25-22(27)19-7-5-18(6-8-19)21(26)24-14-17-9-11-23-12-10-17/h3-13H,14H2,1-2H3,(H,24,26)(H,25,27). The Labute approximate surface area is 158 Å². The van der Waals surface area contributed by atoms with Gasteiger partial charge in [-0.3, -0.25) is 14.6 Å². The highest BCUT2D eigenvalue weighted by molar-refractivity contribution is 6.05. The second-order valence-corrected chi connectivity index (χ2v) is 6.39. The summed E-state index contributed by atoms with van der Waals surface area (Å²) in [5, 5.41) is 5.77. The summed E-state index contributed by atoms with van der Waals surface area (Å²) in [5.74, 6) is -0.388. The van der Waals surface area contributed by atoms with Gasteiger partial charge in [0.1, 0.15) is 0 Å². The number of hydrogen-bond acceptors (Lipinski definition) is 3. The van der Waals surface area contributed by atoms with Gasteiger partial charge in [0.2, 0.25) is 0 Å². The zero-order valence-corrected chi connectivity index (χ0v) is 15.3. The number of nitrogens with zero attached hydrogens (tertiary/aromatic N) is 1. The zero-order valence-electron chi connectivity index (χ0n) is 15.3. The molecular weight excluding hydrogens is 338 g/mol. The SMILES string of the molecule is Cc1ccc(C)c(NC(=O)c2ccc(C(=O)NCc3ccncc3)cc2)c1. The van der Waals surface area contributed by atoms with Crippen LogP contribution in [0.5, 0.6) is 0 Å². The number of carbonyl (C=O) groups is 2. The van der Waals surface area contributed by atoms with Gasteiger partial charge in [-0.15, -0.1) is 0 Å². The van der Waals surface area contributed by atoms with E-state index in [0.717, 1.165) is 22.4 Å². The van der Waals surface area contributed by atoms with E-state index in [1.54, 1.807) is 36.7 Å². The van der Waals surface area contributed by atoms with Crippen LogP contribution in [-0.4, -0.2) is 16.8 Å². The fourth-order valence-corrected chi connectivity index (χ4v) is 2.62. The van der Waals surface area contributed by atoms with Gasteiger partial charge in [-0.05, 0) is 73.0 Å². The minimum absolute atomic E-state index is 0.187. The first kappa shape index (κ1) is 18.3. The fourth-order valence-electron chi connectivity index (χ4n) is 2.62. The lowest BCUT2D eigenvalue weighted by Crippen LogP contribution is -2.23. The summed E-state index contributed by atoms with van der Waals surface area (Å²) in [6.07, 6.45) is 3.37. The Balaban J connectivity index is 1.63. The normalized spacial score (nSPS) is 10.3. The molecule has 2 aromatic carbocycles. The predicted octanol–water partition coefficient (Wildman–Crippen LogP) is 3.88. The molecule has 1 heterocycles. The smallest absolute Gasteiger partial charge is 0.255 e. The molecule has 136 valence electrons. The molecule has 2 amide bonds. The monoisotopic (exact) mass is 359 g/mol. The number of rotatable bonds is 5. The lowest BCUT2D eigenvalue weighted by Gasteiger charge is -2.10. The quantitative estimate of drug-likeness (QED) is 0.726. The number of carbonyl (C=O) groups excluding carboxylic acids is 2. The molecule has 5 heteroatoms. The maximum absolute atomic E-state index is 12.5. The van der Waals surface area contributed by atoms with Gasteiger partial charge in [-0.1, -0.05) is 12.1 Å². The van der Waals surface area contributed by atoms with Crippen molar-refractivity contribution in [1.82, 2.24) is 10.3 Å². The van der Waals surface area contributed by atoms with E-state index in [1.165, 1.54) is 0 Å². The van der Waals surface area contributed by atoms with E-state index < -0.39 is 0 Å². The topological polar surface area (TPSA) is 71.1 Å². The molecule has 3 aromatic rings. The molecule has 0 bridgehead atoms. The Morgan fingerprint density at radius 1 is 0.852 bits per heavy atom. The third-order valence-electron chi connectivity index (χ3n) is 4.25. The number of aromatic nitrogens is 1. The van der Waals surface area contributed by atoms with Crippen molar-refractivity contribution in [3.05, 3.63) is 94.8 Å². The number of amides is 2. The van der Waals surface area contributed by atoms with Crippen molar-refractivity contribution in [2.45, 2.75) is 20.4 Å². The van der Waals surface area contributed by atoms with Gasteiger partial charge in [0.05, 0.1) is 0 Å². The summed E-state index contributed by atoms with van der Waals surface area (Å²) in [7, 11) is 0. The van der Waals surface area contributed by atoms with Crippen LogP contribution in [-0.2, 0) is 6.54 Å². The van der Waals surface area contributed by atoms with Crippen LogP contribution in [0.4, 0.5) is 5.69 Å². The molecule has 0 saturated heterocycles. The Kier molecular flexibility index (Phi) is 5.61. The minimum atomic E-state index is -0.201. The highest BCUT2D eigenvalue weighted by Gasteiger charge is 2.10.